The summed E-state index contributed by atoms with van der Waals surface area (Å²) in [7, 11) is 4.41. The molecule has 0 unspecified atom stereocenters. The lowest BCUT2D eigenvalue weighted by molar-refractivity contribution is -0.119. The molecule has 0 aliphatic carbocycles. The van der Waals surface area contributed by atoms with E-state index in [1.54, 1.807) is 49.2 Å². The predicted octanol–water partition coefficient (Wildman–Crippen LogP) is 3.36. The lowest BCUT2D eigenvalue weighted by Crippen LogP contribution is -2.20. The van der Waals surface area contributed by atoms with E-state index >= 15 is 0 Å². The minimum Gasteiger partial charge on any atom is -0.496 e. The molecule has 0 spiro atoms. The van der Waals surface area contributed by atoms with Gasteiger partial charge >= 0.3 is 5.97 Å². The molecule has 174 valence electrons. The van der Waals surface area contributed by atoms with Crippen LogP contribution in [0.15, 0.2) is 60.7 Å². The molecule has 4 rings (SSSR count). The Kier molecular flexibility index (Phi) is 6.35. The van der Waals surface area contributed by atoms with Gasteiger partial charge in [-0.3, -0.25) is 4.79 Å². The molecule has 34 heavy (non-hydrogen) atoms. The van der Waals surface area contributed by atoms with Gasteiger partial charge in [0.1, 0.15) is 17.2 Å². The van der Waals surface area contributed by atoms with Gasteiger partial charge in [-0.1, -0.05) is 30.3 Å². The topological polar surface area (TPSA) is 115 Å². The van der Waals surface area contributed by atoms with Crippen molar-refractivity contribution < 1.29 is 28.5 Å². The number of primary amides is 1. The van der Waals surface area contributed by atoms with E-state index in [0.29, 0.717) is 34.2 Å². The molecule has 0 aliphatic heterocycles. The number of fused-ring (bicyclic) bond motifs is 1. The van der Waals surface area contributed by atoms with E-state index in [-0.39, 0.29) is 12.3 Å². The number of methoxy groups -OCH3 is 3. The summed E-state index contributed by atoms with van der Waals surface area (Å²) in [6, 6.07) is 18.0. The van der Waals surface area contributed by atoms with Crippen LogP contribution in [0.3, 0.4) is 0 Å². The molecule has 0 aliphatic rings. The molecule has 9 heteroatoms. The maximum absolute atomic E-state index is 12.4. The summed E-state index contributed by atoms with van der Waals surface area (Å²) in [5.74, 6) is 0.424. The van der Waals surface area contributed by atoms with Crippen LogP contribution in [0.1, 0.15) is 10.5 Å². The van der Waals surface area contributed by atoms with Crippen molar-refractivity contribution in [2.45, 2.75) is 0 Å². The first-order valence-electron chi connectivity index (χ1n) is 10.3. The number of rotatable bonds is 8. The van der Waals surface area contributed by atoms with Crippen LogP contribution >= 0.6 is 0 Å². The molecule has 0 bridgehead atoms. The van der Waals surface area contributed by atoms with E-state index in [1.165, 1.54) is 7.11 Å². The normalized spacial score (nSPS) is 10.7. The first-order chi connectivity index (χ1) is 16.5. The summed E-state index contributed by atoms with van der Waals surface area (Å²) in [5.41, 5.74) is 7.20. The highest BCUT2D eigenvalue weighted by Crippen LogP contribution is 2.41. The Morgan fingerprint density at radius 2 is 1.56 bits per heavy atom. The fourth-order valence-corrected chi connectivity index (χ4v) is 3.77. The van der Waals surface area contributed by atoms with Crippen LogP contribution in [0.25, 0.3) is 27.7 Å². The van der Waals surface area contributed by atoms with Crippen molar-refractivity contribution in [1.82, 2.24) is 9.78 Å². The van der Waals surface area contributed by atoms with E-state index < -0.39 is 11.9 Å². The molecule has 4 aromatic rings. The van der Waals surface area contributed by atoms with Gasteiger partial charge in [0.2, 0.25) is 0 Å². The van der Waals surface area contributed by atoms with Gasteiger partial charge in [0, 0.05) is 10.8 Å². The van der Waals surface area contributed by atoms with Crippen molar-refractivity contribution >= 4 is 22.6 Å². The smallest absolute Gasteiger partial charge is 0.358 e. The summed E-state index contributed by atoms with van der Waals surface area (Å²) < 4.78 is 23.3. The van der Waals surface area contributed by atoms with Crippen LogP contribution in [0.4, 0.5) is 0 Å². The number of benzene rings is 3. The maximum Gasteiger partial charge on any atom is 0.358 e. The number of nitrogens with two attached hydrogens (primary N) is 1. The van der Waals surface area contributed by atoms with Crippen molar-refractivity contribution in [3.05, 3.63) is 66.4 Å². The number of aromatic nitrogens is 2. The zero-order chi connectivity index (χ0) is 24.2. The average Bonchev–Trinajstić information content (AvgIpc) is 3.30. The Morgan fingerprint density at radius 3 is 2.18 bits per heavy atom. The molecule has 0 radical (unpaired) electrons. The van der Waals surface area contributed by atoms with Gasteiger partial charge in [-0.25, -0.2) is 9.48 Å². The van der Waals surface area contributed by atoms with Gasteiger partial charge in [-0.2, -0.15) is 5.10 Å². The first-order valence-corrected chi connectivity index (χ1v) is 10.3. The van der Waals surface area contributed by atoms with Crippen molar-refractivity contribution in [2.24, 2.45) is 5.73 Å². The second kappa shape index (κ2) is 9.53. The molecular formula is C25H23N3O6. The summed E-state index contributed by atoms with van der Waals surface area (Å²) in [6.07, 6.45) is 0. The van der Waals surface area contributed by atoms with E-state index in [2.05, 4.69) is 5.10 Å². The lowest BCUT2D eigenvalue weighted by atomic mass is 10.1. The van der Waals surface area contributed by atoms with Gasteiger partial charge in [0.05, 0.1) is 38.3 Å². The van der Waals surface area contributed by atoms with Crippen LogP contribution < -0.4 is 19.9 Å². The SMILES string of the molecule is COC(=O)c1cc(-c2c(OC)cccc2OC)n(-c2ccc(OCC(N)=O)c3ccccc23)n1. The molecule has 1 aromatic heterocycles. The Hall–Kier alpha value is -4.53. The largest absolute Gasteiger partial charge is 0.496 e. The zero-order valence-electron chi connectivity index (χ0n) is 18.9. The highest BCUT2D eigenvalue weighted by Gasteiger charge is 2.24. The molecule has 1 heterocycles. The van der Waals surface area contributed by atoms with Crippen LogP contribution in [-0.2, 0) is 9.53 Å². The average molecular weight is 461 g/mol. The molecule has 0 fully saturated rings. The molecule has 9 nitrogen and oxygen atoms in total. The fourth-order valence-electron chi connectivity index (χ4n) is 3.77. The summed E-state index contributed by atoms with van der Waals surface area (Å²) >= 11 is 0. The fraction of sp³-hybridized carbons (Fsp3) is 0.160. The number of amides is 1. The number of ether oxygens (including phenoxy) is 4. The van der Waals surface area contributed by atoms with Crippen LogP contribution in [0.2, 0.25) is 0 Å². The summed E-state index contributed by atoms with van der Waals surface area (Å²) in [5, 5.41) is 6.07. The molecule has 0 saturated carbocycles. The highest BCUT2D eigenvalue weighted by atomic mass is 16.5. The van der Waals surface area contributed by atoms with Crippen LogP contribution in [-0.4, -0.2) is 49.6 Å². The molecule has 0 saturated heterocycles. The minimum atomic E-state index is -0.584. The third-order valence-electron chi connectivity index (χ3n) is 5.25. The molecule has 3 aromatic carbocycles. The lowest BCUT2D eigenvalue weighted by Gasteiger charge is -2.16. The molecule has 1 amide bonds. The van der Waals surface area contributed by atoms with Gasteiger partial charge in [-0.15, -0.1) is 0 Å². The monoisotopic (exact) mass is 461 g/mol. The Labute approximate surface area is 195 Å². The third kappa shape index (κ3) is 4.11. The highest BCUT2D eigenvalue weighted by molar-refractivity contribution is 5.96. The predicted molar refractivity (Wildman–Crippen MR) is 126 cm³/mol. The van der Waals surface area contributed by atoms with Crippen LogP contribution in [0, 0.1) is 0 Å². The van der Waals surface area contributed by atoms with Gasteiger partial charge in [-0.05, 0) is 30.3 Å². The Balaban J connectivity index is 2.00. The summed E-state index contributed by atoms with van der Waals surface area (Å²) in [6.45, 7) is -0.249. The Bertz CT molecular complexity index is 1360. The van der Waals surface area contributed by atoms with E-state index in [1.807, 2.05) is 30.3 Å². The second-order valence-electron chi connectivity index (χ2n) is 7.24. The van der Waals surface area contributed by atoms with Gasteiger partial charge in [0.15, 0.2) is 12.3 Å². The zero-order valence-corrected chi connectivity index (χ0v) is 18.9. The number of carbonyl (C=O) groups is 2. The molecule has 2 N–H and O–H groups in total. The number of carbonyl (C=O) groups excluding carboxylic acids is 2. The van der Waals surface area contributed by atoms with Gasteiger partial charge in [0.25, 0.3) is 5.91 Å². The first kappa shape index (κ1) is 22.7. The summed E-state index contributed by atoms with van der Waals surface area (Å²) in [4.78, 5) is 23.6. The van der Waals surface area contributed by atoms with E-state index in [9.17, 15) is 9.59 Å². The van der Waals surface area contributed by atoms with Crippen molar-refractivity contribution in [2.75, 3.05) is 27.9 Å². The quantitative estimate of drug-likeness (QED) is 0.400. The standard InChI is InChI=1S/C25H23N3O6/c1-31-21-9-6-10-22(32-2)24(21)19-13-17(25(30)33-3)27-28(19)18-11-12-20(34-14-23(26)29)16-8-5-4-7-15(16)18/h4-13H,14H2,1-3H3,(H2,26,29). The molecule has 0 atom stereocenters. The third-order valence-corrected chi connectivity index (χ3v) is 5.25. The number of esters is 1. The van der Waals surface area contributed by atoms with Crippen molar-refractivity contribution in [3.8, 4) is 34.2 Å². The maximum atomic E-state index is 12.4. The van der Waals surface area contributed by atoms with Crippen LogP contribution in [0.5, 0.6) is 17.2 Å². The minimum absolute atomic E-state index is 0.114. The number of hydrogen-bond donors (Lipinski definition) is 1. The number of nitrogens with zero attached hydrogens (tertiary/aromatic N) is 2. The van der Waals surface area contributed by atoms with E-state index in [4.69, 9.17) is 24.7 Å². The van der Waals surface area contributed by atoms with Crippen molar-refractivity contribution in [1.29, 1.82) is 0 Å². The van der Waals surface area contributed by atoms with Crippen molar-refractivity contribution in [3.63, 3.8) is 0 Å². The number of hydrogen-bond acceptors (Lipinski definition) is 7. The van der Waals surface area contributed by atoms with Gasteiger partial charge < -0.3 is 24.7 Å². The Morgan fingerprint density at radius 1 is 0.882 bits per heavy atom. The molecular weight excluding hydrogens is 438 g/mol. The second-order valence-corrected chi connectivity index (χ2v) is 7.24. The van der Waals surface area contributed by atoms with E-state index in [0.717, 1.165) is 10.8 Å².